The molecule has 3 nitrogen and oxygen atoms in total. The normalized spacial score (nSPS) is 10.9. The van der Waals surface area contributed by atoms with Crippen molar-refractivity contribution in [1.82, 2.24) is 4.98 Å². The number of ether oxygens (including phenoxy) is 1. The summed E-state index contributed by atoms with van der Waals surface area (Å²) in [6.07, 6.45) is -3.88. The van der Waals surface area contributed by atoms with Crippen molar-refractivity contribution in [2.45, 2.75) is 6.18 Å². The zero-order valence-corrected chi connectivity index (χ0v) is 10.5. The molecule has 0 saturated carbocycles. The lowest BCUT2D eigenvalue weighted by Gasteiger charge is -2.10. The van der Waals surface area contributed by atoms with Gasteiger partial charge in [0.2, 0.25) is 5.88 Å². The van der Waals surface area contributed by atoms with Gasteiger partial charge in [0.15, 0.2) is 0 Å². The number of nitriles is 1. The van der Waals surface area contributed by atoms with E-state index in [-0.39, 0.29) is 16.7 Å². The van der Waals surface area contributed by atoms with Gasteiger partial charge in [-0.05, 0) is 24.3 Å². The Labute approximate surface area is 117 Å². The fourth-order valence-electron chi connectivity index (χ4n) is 1.40. The molecule has 0 N–H and O–H groups in total. The van der Waals surface area contributed by atoms with Crippen LogP contribution in [0.2, 0.25) is 5.02 Å². The number of nitrogens with zero attached hydrogens (tertiary/aromatic N) is 2. The van der Waals surface area contributed by atoms with Crippen LogP contribution in [0.25, 0.3) is 0 Å². The van der Waals surface area contributed by atoms with Crippen LogP contribution in [-0.4, -0.2) is 4.98 Å². The van der Waals surface area contributed by atoms with Crippen LogP contribution in [-0.2, 0) is 6.18 Å². The van der Waals surface area contributed by atoms with Gasteiger partial charge in [-0.2, -0.15) is 18.4 Å². The molecular weight excluding hydrogens is 293 g/mol. The Kier molecular flexibility index (Phi) is 3.81. The Morgan fingerprint density at radius 3 is 2.60 bits per heavy atom. The molecule has 0 bridgehead atoms. The van der Waals surface area contributed by atoms with Gasteiger partial charge in [0, 0.05) is 6.20 Å². The number of aromatic nitrogens is 1. The molecule has 1 aromatic heterocycles. The number of rotatable bonds is 2. The molecule has 2 rings (SSSR count). The minimum absolute atomic E-state index is 0.158. The van der Waals surface area contributed by atoms with Gasteiger partial charge in [0.1, 0.15) is 10.8 Å². The quantitative estimate of drug-likeness (QED) is 0.824. The molecule has 0 aliphatic rings. The topological polar surface area (TPSA) is 45.9 Å². The van der Waals surface area contributed by atoms with Crippen LogP contribution in [0.5, 0.6) is 11.6 Å². The fourth-order valence-corrected chi connectivity index (χ4v) is 1.60. The molecule has 102 valence electrons. The Hall–Kier alpha value is -2.26. The van der Waals surface area contributed by atoms with Crippen molar-refractivity contribution in [3.05, 3.63) is 52.7 Å². The number of alkyl halides is 3. The molecular formula is C13H6ClF3N2O. The van der Waals surface area contributed by atoms with E-state index in [1.807, 2.05) is 6.07 Å². The molecule has 0 aliphatic heterocycles. The monoisotopic (exact) mass is 298 g/mol. The van der Waals surface area contributed by atoms with E-state index >= 15 is 0 Å². The third-order valence-electron chi connectivity index (χ3n) is 2.31. The van der Waals surface area contributed by atoms with Crippen molar-refractivity contribution < 1.29 is 17.9 Å². The first-order chi connectivity index (χ1) is 9.40. The van der Waals surface area contributed by atoms with Gasteiger partial charge in [-0.15, -0.1) is 0 Å². The lowest BCUT2D eigenvalue weighted by atomic mass is 10.2. The number of benzene rings is 1. The highest BCUT2D eigenvalue weighted by Crippen LogP contribution is 2.34. The largest absolute Gasteiger partial charge is 0.437 e. The maximum absolute atomic E-state index is 12.4. The summed E-state index contributed by atoms with van der Waals surface area (Å²) in [4.78, 5) is 3.54. The smallest absolute Gasteiger partial charge is 0.417 e. The Morgan fingerprint density at radius 2 is 2.00 bits per heavy atom. The van der Waals surface area contributed by atoms with E-state index in [1.54, 1.807) is 12.1 Å². The van der Waals surface area contributed by atoms with Crippen molar-refractivity contribution in [3.63, 3.8) is 0 Å². The summed E-state index contributed by atoms with van der Waals surface area (Å²) in [5.41, 5.74) is -0.605. The summed E-state index contributed by atoms with van der Waals surface area (Å²) in [6.45, 7) is 0. The van der Waals surface area contributed by atoms with E-state index in [0.29, 0.717) is 11.8 Å². The molecule has 20 heavy (non-hydrogen) atoms. The van der Waals surface area contributed by atoms with E-state index in [4.69, 9.17) is 21.6 Å². The summed E-state index contributed by atoms with van der Waals surface area (Å²) in [5, 5.41) is 8.47. The first-order valence-electron chi connectivity index (χ1n) is 5.31. The summed E-state index contributed by atoms with van der Waals surface area (Å²) in [6, 6.07) is 8.75. The third-order valence-corrected chi connectivity index (χ3v) is 2.58. The standard InChI is InChI=1S/C13H6ClF3N2O/c14-11-5-9(13(15,16)17)7-19-12(11)20-10-3-1-2-8(4-10)6-18/h1-5,7H. The van der Waals surface area contributed by atoms with Crippen LogP contribution in [0.1, 0.15) is 11.1 Å². The van der Waals surface area contributed by atoms with Crippen molar-refractivity contribution in [2.75, 3.05) is 0 Å². The van der Waals surface area contributed by atoms with Crippen LogP contribution in [0.4, 0.5) is 13.2 Å². The number of hydrogen-bond donors (Lipinski definition) is 0. The highest BCUT2D eigenvalue weighted by molar-refractivity contribution is 6.31. The number of halogens is 4. The first kappa shape index (κ1) is 14.2. The molecule has 0 radical (unpaired) electrons. The molecule has 0 atom stereocenters. The van der Waals surface area contributed by atoms with E-state index in [9.17, 15) is 13.2 Å². The van der Waals surface area contributed by atoms with Crippen molar-refractivity contribution >= 4 is 11.6 Å². The number of pyridine rings is 1. The van der Waals surface area contributed by atoms with E-state index in [2.05, 4.69) is 4.98 Å². The second-order valence-electron chi connectivity index (χ2n) is 3.75. The molecule has 0 fully saturated rings. The lowest BCUT2D eigenvalue weighted by molar-refractivity contribution is -0.137. The van der Waals surface area contributed by atoms with Crippen LogP contribution in [0, 0.1) is 11.3 Å². The van der Waals surface area contributed by atoms with E-state index < -0.39 is 11.7 Å². The maximum Gasteiger partial charge on any atom is 0.417 e. The number of hydrogen-bond acceptors (Lipinski definition) is 3. The fraction of sp³-hybridized carbons (Fsp3) is 0.0769. The highest BCUT2D eigenvalue weighted by Gasteiger charge is 2.31. The third kappa shape index (κ3) is 3.19. The van der Waals surface area contributed by atoms with Crippen molar-refractivity contribution in [2.24, 2.45) is 0 Å². The second-order valence-corrected chi connectivity index (χ2v) is 4.16. The van der Waals surface area contributed by atoms with Gasteiger partial charge in [-0.1, -0.05) is 17.7 Å². The molecule has 2 aromatic rings. The molecule has 1 heterocycles. The summed E-state index contributed by atoms with van der Waals surface area (Å²) >= 11 is 5.71. The van der Waals surface area contributed by atoms with Gasteiger partial charge in [-0.3, -0.25) is 0 Å². The Balaban J connectivity index is 2.28. The van der Waals surface area contributed by atoms with Crippen LogP contribution < -0.4 is 4.74 Å². The Bertz CT molecular complexity index is 680. The van der Waals surface area contributed by atoms with Gasteiger partial charge in [0.05, 0.1) is 17.2 Å². The SMILES string of the molecule is N#Cc1cccc(Oc2ncc(C(F)(F)F)cc2Cl)c1. The lowest BCUT2D eigenvalue weighted by Crippen LogP contribution is -2.05. The maximum atomic E-state index is 12.4. The van der Waals surface area contributed by atoms with Gasteiger partial charge in [0.25, 0.3) is 0 Å². The zero-order chi connectivity index (χ0) is 14.8. The van der Waals surface area contributed by atoms with Crippen molar-refractivity contribution in [3.8, 4) is 17.7 Å². The molecule has 0 unspecified atom stereocenters. The first-order valence-corrected chi connectivity index (χ1v) is 5.68. The van der Waals surface area contributed by atoms with Crippen LogP contribution in [0.15, 0.2) is 36.5 Å². The van der Waals surface area contributed by atoms with Crippen LogP contribution in [0.3, 0.4) is 0 Å². The summed E-state index contributed by atoms with van der Waals surface area (Å²) < 4.78 is 42.6. The van der Waals surface area contributed by atoms with Crippen LogP contribution >= 0.6 is 11.6 Å². The van der Waals surface area contributed by atoms with Gasteiger partial charge in [-0.25, -0.2) is 4.98 Å². The average Bonchev–Trinajstić information content (AvgIpc) is 2.40. The molecule has 0 aliphatic carbocycles. The molecule has 0 spiro atoms. The average molecular weight is 299 g/mol. The van der Waals surface area contributed by atoms with Gasteiger partial charge >= 0.3 is 6.18 Å². The van der Waals surface area contributed by atoms with E-state index in [0.717, 1.165) is 6.07 Å². The Morgan fingerprint density at radius 1 is 1.25 bits per heavy atom. The minimum atomic E-state index is -4.52. The zero-order valence-electron chi connectivity index (χ0n) is 9.78. The molecule has 7 heteroatoms. The molecule has 0 amide bonds. The minimum Gasteiger partial charge on any atom is -0.437 e. The van der Waals surface area contributed by atoms with Gasteiger partial charge < -0.3 is 4.74 Å². The summed E-state index contributed by atoms with van der Waals surface area (Å²) in [5.74, 6) is 0.105. The predicted molar refractivity (Wildman–Crippen MR) is 65.5 cm³/mol. The summed E-state index contributed by atoms with van der Waals surface area (Å²) in [7, 11) is 0. The molecule has 1 aromatic carbocycles. The second kappa shape index (κ2) is 5.39. The van der Waals surface area contributed by atoms with Crippen molar-refractivity contribution in [1.29, 1.82) is 5.26 Å². The highest BCUT2D eigenvalue weighted by atomic mass is 35.5. The predicted octanol–water partition coefficient (Wildman–Crippen LogP) is 4.42. The molecule has 0 saturated heterocycles. The van der Waals surface area contributed by atoms with E-state index in [1.165, 1.54) is 12.1 Å².